The molecule has 41 heavy (non-hydrogen) atoms. The van der Waals surface area contributed by atoms with Gasteiger partial charge in [-0.2, -0.15) is 0 Å². The van der Waals surface area contributed by atoms with Crippen LogP contribution in [-0.4, -0.2) is 70.5 Å². The summed E-state index contributed by atoms with van der Waals surface area (Å²) >= 11 is 0. The van der Waals surface area contributed by atoms with Gasteiger partial charge in [-0.3, -0.25) is 4.79 Å². The van der Waals surface area contributed by atoms with Crippen molar-refractivity contribution in [2.75, 3.05) is 37.6 Å². The van der Waals surface area contributed by atoms with Crippen molar-refractivity contribution in [2.45, 2.75) is 39.8 Å². The lowest BCUT2D eigenvalue weighted by Gasteiger charge is -2.34. The number of anilines is 1. The molecule has 2 fully saturated rings. The molecular weight excluding hydrogens is 525 g/mol. The first-order valence-corrected chi connectivity index (χ1v) is 13.8. The molecule has 0 spiro atoms. The van der Waals surface area contributed by atoms with E-state index in [4.69, 9.17) is 9.47 Å². The van der Waals surface area contributed by atoms with Crippen molar-refractivity contribution in [3.05, 3.63) is 89.1 Å². The van der Waals surface area contributed by atoms with Crippen LogP contribution in [0.5, 0.6) is 11.5 Å². The molecule has 0 radical (unpaired) electrons. The molecule has 0 aliphatic carbocycles. The van der Waals surface area contributed by atoms with Crippen LogP contribution >= 0.6 is 0 Å². The lowest BCUT2D eigenvalue weighted by Crippen LogP contribution is -2.45. The van der Waals surface area contributed by atoms with Crippen molar-refractivity contribution in [3.63, 3.8) is 0 Å². The Labute approximate surface area is 239 Å². The summed E-state index contributed by atoms with van der Waals surface area (Å²) in [5.41, 5.74) is 3.58. The first-order valence-electron chi connectivity index (χ1n) is 13.8. The minimum Gasteiger partial charge on any atom is -0.451 e. The van der Waals surface area contributed by atoms with Crippen LogP contribution in [0.3, 0.4) is 0 Å². The molecule has 0 atom stereocenters. The molecule has 0 bridgehead atoms. The minimum atomic E-state index is -0.514. The third-order valence-corrected chi connectivity index (χ3v) is 7.37. The predicted octanol–water partition coefficient (Wildman–Crippen LogP) is 5.44. The van der Waals surface area contributed by atoms with Gasteiger partial charge in [0.15, 0.2) is 11.6 Å². The molecule has 3 aromatic rings. The molecule has 3 heterocycles. The van der Waals surface area contributed by atoms with E-state index in [9.17, 15) is 14.0 Å². The summed E-state index contributed by atoms with van der Waals surface area (Å²) in [6, 6.07) is 13.5. The molecular formula is C31H34FN5O4. The Morgan fingerprint density at radius 1 is 1.05 bits per heavy atom. The minimum absolute atomic E-state index is 0.0524. The van der Waals surface area contributed by atoms with Crippen LogP contribution in [0.4, 0.5) is 15.0 Å². The molecule has 214 valence electrons. The summed E-state index contributed by atoms with van der Waals surface area (Å²) in [7, 11) is 0. The van der Waals surface area contributed by atoms with Gasteiger partial charge in [-0.05, 0) is 62.1 Å². The summed E-state index contributed by atoms with van der Waals surface area (Å²) in [6.07, 6.45) is 3.53. The number of likely N-dealkylation sites (tertiary alicyclic amines) is 1. The van der Waals surface area contributed by atoms with Crippen molar-refractivity contribution in [1.29, 1.82) is 0 Å². The van der Waals surface area contributed by atoms with Crippen LogP contribution < -0.4 is 9.64 Å². The lowest BCUT2D eigenvalue weighted by molar-refractivity contribution is 0.0713. The van der Waals surface area contributed by atoms with Gasteiger partial charge in [0.25, 0.3) is 5.91 Å². The maximum absolute atomic E-state index is 14.2. The van der Waals surface area contributed by atoms with Gasteiger partial charge >= 0.3 is 6.09 Å². The zero-order valence-electron chi connectivity index (χ0n) is 23.5. The SMILES string of the molecule is CCN(C(=O)c1cc(F)ccc1Oc1cncnc1N1CCC(=C2CN(C(=O)OCc3ccccc3)C2)C1)C(C)C. The first kappa shape index (κ1) is 28.1. The zero-order valence-corrected chi connectivity index (χ0v) is 23.5. The fraction of sp³-hybridized carbons (Fsp3) is 0.355. The third-order valence-electron chi connectivity index (χ3n) is 7.37. The Balaban J connectivity index is 1.26. The van der Waals surface area contributed by atoms with Gasteiger partial charge in [0.2, 0.25) is 0 Å². The third kappa shape index (κ3) is 6.32. The molecule has 2 aromatic carbocycles. The average molecular weight is 560 g/mol. The van der Waals surface area contributed by atoms with Crippen LogP contribution in [0.2, 0.25) is 0 Å². The number of hydrogen-bond donors (Lipinski definition) is 0. The van der Waals surface area contributed by atoms with Crippen LogP contribution in [0.15, 0.2) is 72.2 Å². The maximum atomic E-state index is 14.2. The largest absolute Gasteiger partial charge is 0.451 e. The van der Waals surface area contributed by atoms with Gasteiger partial charge in [-0.1, -0.05) is 30.3 Å². The molecule has 5 rings (SSSR count). The quantitative estimate of drug-likeness (QED) is 0.340. The second-order valence-corrected chi connectivity index (χ2v) is 10.4. The first-order chi connectivity index (χ1) is 19.8. The Morgan fingerprint density at radius 2 is 1.83 bits per heavy atom. The molecule has 2 amide bonds. The topological polar surface area (TPSA) is 88.1 Å². The smallest absolute Gasteiger partial charge is 0.410 e. The number of benzene rings is 2. The van der Waals surface area contributed by atoms with Gasteiger partial charge in [0.05, 0.1) is 11.8 Å². The monoisotopic (exact) mass is 559 g/mol. The molecule has 9 nitrogen and oxygen atoms in total. The summed E-state index contributed by atoms with van der Waals surface area (Å²) in [6.45, 7) is 8.91. The second kappa shape index (κ2) is 12.4. The molecule has 2 aliphatic rings. The van der Waals surface area contributed by atoms with Gasteiger partial charge in [0.1, 0.15) is 24.5 Å². The zero-order chi connectivity index (χ0) is 28.9. The van der Waals surface area contributed by atoms with E-state index in [1.807, 2.05) is 51.1 Å². The number of carbonyl (C=O) groups excluding carboxylic acids is 2. The Kier molecular flexibility index (Phi) is 8.47. The summed E-state index contributed by atoms with van der Waals surface area (Å²) in [4.78, 5) is 39.8. The highest BCUT2D eigenvalue weighted by atomic mass is 19.1. The molecule has 2 saturated heterocycles. The van der Waals surface area contributed by atoms with Crippen LogP contribution in [0, 0.1) is 5.82 Å². The normalized spacial score (nSPS) is 14.8. The number of hydrogen-bond acceptors (Lipinski definition) is 7. The average Bonchev–Trinajstić information content (AvgIpc) is 3.42. The fourth-order valence-electron chi connectivity index (χ4n) is 5.10. The fourth-order valence-corrected chi connectivity index (χ4v) is 5.10. The van der Waals surface area contributed by atoms with Gasteiger partial charge in [0, 0.05) is 38.8 Å². The van der Waals surface area contributed by atoms with Crippen molar-refractivity contribution in [1.82, 2.24) is 19.8 Å². The number of nitrogens with zero attached hydrogens (tertiary/aromatic N) is 5. The Bertz CT molecular complexity index is 1440. The standard InChI is InChI=1S/C31H34FN5O4/c1-4-37(21(2)3)30(38)26-14-25(32)10-11-27(26)41-28-15-33-20-34-29(28)35-13-12-23(16-35)24-17-36(18-24)31(39)40-19-22-8-6-5-7-9-22/h5-11,14-15,20-21H,4,12-13,16-19H2,1-3H3. The van der Waals surface area contributed by atoms with Gasteiger partial charge in [-0.15, -0.1) is 0 Å². The number of carbonyl (C=O) groups is 2. The van der Waals surface area contributed by atoms with Crippen LogP contribution in [0.1, 0.15) is 43.1 Å². The van der Waals surface area contributed by atoms with E-state index < -0.39 is 5.82 Å². The number of ether oxygens (including phenoxy) is 2. The van der Waals surface area contributed by atoms with E-state index in [0.29, 0.717) is 37.7 Å². The van der Waals surface area contributed by atoms with E-state index in [2.05, 4.69) is 14.9 Å². The number of amides is 2. The van der Waals surface area contributed by atoms with Crippen molar-refractivity contribution in [2.24, 2.45) is 0 Å². The molecule has 2 aliphatic heterocycles. The number of rotatable bonds is 8. The van der Waals surface area contributed by atoms with E-state index in [1.54, 1.807) is 16.0 Å². The maximum Gasteiger partial charge on any atom is 0.410 e. The van der Waals surface area contributed by atoms with E-state index in [0.717, 1.165) is 18.5 Å². The molecule has 10 heteroatoms. The van der Waals surface area contributed by atoms with E-state index in [1.165, 1.54) is 35.7 Å². The summed E-state index contributed by atoms with van der Waals surface area (Å²) in [5, 5.41) is 0. The van der Waals surface area contributed by atoms with Crippen molar-refractivity contribution >= 4 is 17.8 Å². The van der Waals surface area contributed by atoms with Crippen LogP contribution in [-0.2, 0) is 11.3 Å². The van der Waals surface area contributed by atoms with E-state index in [-0.39, 0.29) is 36.0 Å². The Morgan fingerprint density at radius 3 is 2.56 bits per heavy atom. The second-order valence-electron chi connectivity index (χ2n) is 10.4. The lowest BCUT2D eigenvalue weighted by atomic mass is 10.0. The van der Waals surface area contributed by atoms with Gasteiger partial charge in [-0.25, -0.2) is 19.2 Å². The van der Waals surface area contributed by atoms with Crippen molar-refractivity contribution < 1.29 is 23.5 Å². The van der Waals surface area contributed by atoms with Gasteiger partial charge < -0.3 is 24.2 Å². The number of halogens is 1. The molecule has 0 unspecified atom stereocenters. The highest BCUT2D eigenvalue weighted by molar-refractivity contribution is 5.97. The summed E-state index contributed by atoms with van der Waals surface area (Å²) < 4.78 is 25.8. The molecule has 1 aromatic heterocycles. The Hall–Kier alpha value is -4.47. The summed E-state index contributed by atoms with van der Waals surface area (Å²) in [5.74, 6) is 0.396. The van der Waals surface area contributed by atoms with Crippen molar-refractivity contribution in [3.8, 4) is 11.5 Å². The highest BCUT2D eigenvalue weighted by Gasteiger charge is 2.32. The predicted molar refractivity (Wildman–Crippen MR) is 152 cm³/mol. The molecule has 0 N–H and O–H groups in total. The molecule has 0 saturated carbocycles. The highest BCUT2D eigenvalue weighted by Crippen LogP contribution is 2.36. The van der Waals surface area contributed by atoms with E-state index >= 15 is 0 Å². The number of aromatic nitrogens is 2. The van der Waals surface area contributed by atoms with Crippen LogP contribution in [0.25, 0.3) is 0 Å².